The number of carbonyl (C=O) groups is 3. The summed E-state index contributed by atoms with van der Waals surface area (Å²) in [6, 6.07) is 6.67. The van der Waals surface area contributed by atoms with E-state index in [1.807, 2.05) is 6.92 Å². The maximum Gasteiger partial charge on any atom is 0.413 e. The minimum atomic E-state index is -1.89. The van der Waals surface area contributed by atoms with Crippen molar-refractivity contribution in [3.8, 4) is 17.1 Å². The molecule has 0 bridgehead atoms. The van der Waals surface area contributed by atoms with Crippen molar-refractivity contribution < 1.29 is 33.7 Å². The lowest BCUT2D eigenvalue weighted by Gasteiger charge is -2.31. The number of carbonyl (C=O) groups excluding carboxylic acids is 3. The van der Waals surface area contributed by atoms with E-state index in [0.29, 0.717) is 23.3 Å². The van der Waals surface area contributed by atoms with Crippen LogP contribution in [0.3, 0.4) is 0 Å². The zero-order valence-corrected chi connectivity index (χ0v) is 21.3. The molecule has 2 N–H and O–H groups in total. The van der Waals surface area contributed by atoms with Crippen LogP contribution in [0.2, 0.25) is 0 Å². The summed E-state index contributed by atoms with van der Waals surface area (Å²) in [5.74, 6) is -1.07. The number of fused-ring (bicyclic) bond motifs is 5. The van der Waals surface area contributed by atoms with Gasteiger partial charge in [-0.05, 0) is 49.6 Å². The number of nitrogens with zero attached hydrogens (tertiary/aromatic N) is 2. The molecule has 0 saturated heterocycles. The molecule has 0 radical (unpaired) electrons. The van der Waals surface area contributed by atoms with Crippen LogP contribution in [0.25, 0.3) is 22.3 Å². The monoisotopic (exact) mass is 521 g/mol. The first-order valence-electron chi connectivity index (χ1n) is 12.5. The number of aromatic nitrogens is 2. The lowest BCUT2D eigenvalue weighted by molar-refractivity contribution is -0.172. The Labute approximate surface area is 217 Å². The first kappa shape index (κ1) is 25.4. The van der Waals surface area contributed by atoms with Gasteiger partial charge < -0.3 is 29.2 Å². The number of pyridine rings is 2. The topological polar surface area (TPSA) is 146 Å². The molecule has 1 unspecified atom stereocenters. The van der Waals surface area contributed by atoms with Gasteiger partial charge in [0, 0.05) is 16.5 Å². The zero-order valence-electron chi connectivity index (χ0n) is 21.3. The van der Waals surface area contributed by atoms with E-state index in [0.717, 1.165) is 16.5 Å². The van der Waals surface area contributed by atoms with Crippen molar-refractivity contribution in [1.29, 1.82) is 0 Å². The normalized spacial score (nSPS) is 17.3. The molecule has 0 saturated carbocycles. The number of aryl methyl sites for hydroxylation is 1. The Hall–Kier alpha value is -4.25. The van der Waals surface area contributed by atoms with Crippen molar-refractivity contribution in [2.75, 3.05) is 13.2 Å². The van der Waals surface area contributed by atoms with Crippen molar-refractivity contribution in [3.05, 3.63) is 56.9 Å². The Balaban J connectivity index is 1.54. The number of hydrogen-bond acceptors (Lipinski definition) is 9. The van der Waals surface area contributed by atoms with Crippen molar-refractivity contribution >= 4 is 28.9 Å². The lowest BCUT2D eigenvalue weighted by Crippen LogP contribution is -2.44. The van der Waals surface area contributed by atoms with Crippen molar-refractivity contribution in [3.63, 3.8) is 0 Å². The minimum Gasteiger partial charge on any atom is -0.465 e. The maximum absolute atomic E-state index is 13.4. The highest BCUT2D eigenvalue weighted by molar-refractivity contribution is 5.90. The minimum absolute atomic E-state index is 0.0656. The number of hydrogen-bond donors (Lipinski definition) is 2. The van der Waals surface area contributed by atoms with Gasteiger partial charge in [0.2, 0.25) is 0 Å². The fraction of sp³-hybridized carbons (Fsp3) is 0.370. The van der Waals surface area contributed by atoms with E-state index < -0.39 is 23.6 Å². The van der Waals surface area contributed by atoms with E-state index in [9.17, 15) is 24.3 Å². The lowest BCUT2D eigenvalue weighted by atomic mass is 9.86. The molecule has 3 aromatic rings. The first-order valence-corrected chi connectivity index (χ1v) is 12.5. The smallest absolute Gasteiger partial charge is 0.413 e. The number of cyclic esters (lactones) is 1. The number of nitrogens with one attached hydrogen (secondary N) is 1. The van der Waals surface area contributed by atoms with Crippen LogP contribution in [-0.2, 0) is 44.2 Å². The van der Waals surface area contributed by atoms with Crippen molar-refractivity contribution in [2.45, 2.75) is 52.4 Å². The predicted octanol–water partition coefficient (Wildman–Crippen LogP) is 2.29. The molecule has 11 heteroatoms. The van der Waals surface area contributed by atoms with E-state index in [1.54, 1.807) is 42.7 Å². The molecule has 0 fully saturated rings. The highest BCUT2D eigenvalue weighted by Crippen LogP contribution is 2.40. The van der Waals surface area contributed by atoms with Crippen LogP contribution in [0.1, 0.15) is 49.4 Å². The van der Waals surface area contributed by atoms with Gasteiger partial charge >= 0.3 is 18.0 Å². The van der Waals surface area contributed by atoms with E-state index in [1.165, 1.54) is 0 Å². The first-order chi connectivity index (χ1) is 18.2. The molecule has 198 valence electrons. The Morgan fingerprint density at radius 3 is 2.68 bits per heavy atom. The second kappa shape index (κ2) is 9.56. The summed E-state index contributed by atoms with van der Waals surface area (Å²) in [4.78, 5) is 54.3. The summed E-state index contributed by atoms with van der Waals surface area (Å²) >= 11 is 0. The predicted molar refractivity (Wildman–Crippen MR) is 135 cm³/mol. The van der Waals surface area contributed by atoms with Gasteiger partial charge in [0.25, 0.3) is 5.56 Å². The molecule has 2 aromatic heterocycles. The van der Waals surface area contributed by atoms with E-state index in [-0.39, 0.29) is 55.2 Å². The number of aliphatic hydroxyl groups is 1. The molecule has 1 amide bonds. The molecular weight excluding hydrogens is 494 g/mol. The van der Waals surface area contributed by atoms with Gasteiger partial charge in [-0.15, -0.1) is 0 Å². The molecule has 38 heavy (non-hydrogen) atoms. The summed E-state index contributed by atoms with van der Waals surface area (Å²) in [7, 11) is 0. The number of benzene rings is 1. The van der Waals surface area contributed by atoms with Gasteiger partial charge in [0.1, 0.15) is 18.9 Å². The second-order valence-corrected chi connectivity index (χ2v) is 9.10. The molecule has 4 heterocycles. The fourth-order valence-corrected chi connectivity index (χ4v) is 5.11. The van der Waals surface area contributed by atoms with Crippen LogP contribution in [0, 0.1) is 0 Å². The quantitative estimate of drug-likeness (QED) is 0.365. The molecule has 1 atom stereocenters. The van der Waals surface area contributed by atoms with E-state index in [2.05, 4.69) is 5.32 Å². The summed E-state index contributed by atoms with van der Waals surface area (Å²) in [5.41, 5.74) is 1.84. The third kappa shape index (κ3) is 3.99. The van der Waals surface area contributed by atoms with Crippen LogP contribution in [0.15, 0.2) is 29.1 Å². The van der Waals surface area contributed by atoms with Crippen LogP contribution >= 0.6 is 0 Å². The van der Waals surface area contributed by atoms with Crippen LogP contribution in [0.5, 0.6) is 5.75 Å². The molecule has 5 rings (SSSR count). The largest absolute Gasteiger partial charge is 0.465 e. The van der Waals surface area contributed by atoms with Gasteiger partial charge in [-0.1, -0.05) is 13.8 Å². The van der Waals surface area contributed by atoms with Gasteiger partial charge in [-0.2, -0.15) is 0 Å². The third-order valence-corrected chi connectivity index (χ3v) is 7.02. The molecule has 2 aliphatic heterocycles. The summed E-state index contributed by atoms with van der Waals surface area (Å²) < 4.78 is 16.9. The summed E-state index contributed by atoms with van der Waals surface area (Å²) in [5, 5.41) is 14.2. The molecular formula is C27H27N3O8. The zero-order chi connectivity index (χ0) is 27.2. The Morgan fingerprint density at radius 2 is 1.97 bits per heavy atom. The van der Waals surface area contributed by atoms with Gasteiger partial charge in [0.15, 0.2) is 5.60 Å². The van der Waals surface area contributed by atoms with Crippen molar-refractivity contribution in [1.82, 2.24) is 14.9 Å². The van der Waals surface area contributed by atoms with Gasteiger partial charge in [-0.3, -0.25) is 9.59 Å². The highest BCUT2D eigenvalue weighted by Gasteiger charge is 2.45. The average Bonchev–Trinajstić information content (AvgIpc) is 3.27. The van der Waals surface area contributed by atoms with E-state index in [4.69, 9.17) is 19.2 Å². The summed E-state index contributed by atoms with van der Waals surface area (Å²) in [6.07, 6.45) is -0.117. The molecule has 2 aliphatic rings. The molecule has 0 spiro atoms. The van der Waals surface area contributed by atoms with Crippen LogP contribution in [-0.4, -0.2) is 45.8 Å². The Bertz CT molecular complexity index is 1560. The standard InChI is InChI=1S/C27H27N3O8/c1-4-15-16-9-14(38-26(34)28-11-22(31)36-6-3)7-8-20(16)29-23-17(15)12-30-21(23)10-19-18(24(30)32)13-37-25(33)27(19,35)5-2/h7-10,35H,4-6,11-13H2,1-3H3,(H,28,34). The molecule has 11 nitrogen and oxygen atoms in total. The Kier molecular flexibility index (Phi) is 6.39. The van der Waals surface area contributed by atoms with Crippen LogP contribution < -0.4 is 15.6 Å². The van der Waals surface area contributed by atoms with Gasteiger partial charge in [-0.25, -0.2) is 14.6 Å². The number of rotatable bonds is 6. The van der Waals surface area contributed by atoms with Crippen molar-refractivity contribution in [2.24, 2.45) is 0 Å². The maximum atomic E-state index is 13.4. The molecule has 1 aromatic carbocycles. The second-order valence-electron chi connectivity index (χ2n) is 9.10. The number of ether oxygens (including phenoxy) is 3. The number of amides is 1. The highest BCUT2D eigenvalue weighted by atomic mass is 16.6. The summed E-state index contributed by atoms with van der Waals surface area (Å²) in [6.45, 7) is 5.29. The average molecular weight is 522 g/mol. The number of esters is 2. The van der Waals surface area contributed by atoms with E-state index >= 15 is 0 Å². The fourth-order valence-electron chi connectivity index (χ4n) is 5.11. The third-order valence-electron chi connectivity index (χ3n) is 7.02. The van der Waals surface area contributed by atoms with Crippen LogP contribution in [0.4, 0.5) is 4.79 Å². The molecule has 0 aliphatic carbocycles. The van der Waals surface area contributed by atoms with Gasteiger partial charge in [0.05, 0.1) is 35.6 Å². The SMILES string of the molecule is CCOC(=O)CNC(=O)Oc1ccc2nc3c(c(CC)c2c1)Cn1c-3cc2c(c1=O)COC(=O)C2(O)CC. The Morgan fingerprint density at radius 1 is 1.18 bits per heavy atom.